The molecule has 1 aromatic carbocycles. The van der Waals surface area contributed by atoms with Gasteiger partial charge in [0.05, 0.1) is 5.52 Å². The van der Waals surface area contributed by atoms with Crippen molar-refractivity contribution in [3.63, 3.8) is 0 Å². The number of pyridine rings is 1. The molecule has 4 rings (SSSR count). The lowest BCUT2D eigenvalue weighted by molar-refractivity contribution is 0.230. The van der Waals surface area contributed by atoms with Gasteiger partial charge in [0.2, 0.25) is 0 Å². The van der Waals surface area contributed by atoms with E-state index in [1.165, 1.54) is 16.8 Å². The summed E-state index contributed by atoms with van der Waals surface area (Å²) in [6.07, 6.45) is 6.71. The normalized spacial score (nSPS) is 15.4. The van der Waals surface area contributed by atoms with Crippen LogP contribution in [-0.2, 0) is 13.0 Å². The minimum Gasteiger partial charge on any atom is -0.320 e. The average molecular weight is 370 g/mol. The summed E-state index contributed by atoms with van der Waals surface area (Å²) in [6.45, 7) is 3.93. The molecule has 0 N–H and O–H groups in total. The summed E-state index contributed by atoms with van der Waals surface area (Å²) >= 11 is 6.26. The lowest BCUT2D eigenvalue weighted by atomic mass is 10.0. The fraction of sp³-hybridized carbons (Fsp3) is 0.286. The molecule has 0 spiro atoms. The largest absolute Gasteiger partial charge is 0.320 e. The number of hydrogen-bond acceptors (Lipinski definition) is 2. The molecule has 0 amide bonds. The van der Waals surface area contributed by atoms with Gasteiger partial charge in [0.1, 0.15) is 6.67 Å². The fourth-order valence-electron chi connectivity index (χ4n) is 3.76. The van der Waals surface area contributed by atoms with Crippen LogP contribution in [0.5, 0.6) is 0 Å². The molecule has 1 aliphatic heterocycles. The van der Waals surface area contributed by atoms with E-state index in [1.54, 1.807) is 0 Å². The van der Waals surface area contributed by atoms with Crippen molar-refractivity contribution in [1.82, 2.24) is 14.5 Å². The van der Waals surface area contributed by atoms with Gasteiger partial charge >= 0.3 is 0 Å². The van der Waals surface area contributed by atoms with Crippen LogP contribution >= 0.6 is 11.6 Å². The van der Waals surface area contributed by atoms with Crippen molar-refractivity contribution in [3.8, 4) is 0 Å². The Morgan fingerprint density at radius 2 is 2.08 bits per heavy atom. The molecule has 0 fully saturated rings. The predicted molar refractivity (Wildman–Crippen MR) is 106 cm³/mol. The zero-order chi connectivity index (χ0) is 18.1. The number of aromatic nitrogens is 2. The van der Waals surface area contributed by atoms with E-state index in [2.05, 4.69) is 33.6 Å². The van der Waals surface area contributed by atoms with E-state index >= 15 is 0 Å². The van der Waals surface area contributed by atoms with Gasteiger partial charge in [-0.1, -0.05) is 11.6 Å². The first kappa shape index (κ1) is 17.3. The molecule has 0 atom stereocenters. The van der Waals surface area contributed by atoms with E-state index < -0.39 is 0 Å². The maximum atomic E-state index is 12.8. The number of benzene rings is 1. The zero-order valence-electron chi connectivity index (χ0n) is 14.8. The van der Waals surface area contributed by atoms with E-state index in [-0.39, 0.29) is 6.67 Å². The van der Waals surface area contributed by atoms with Gasteiger partial charge in [-0.25, -0.2) is 4.39 Å². The molecule has 0 saturated carbocycles. The van der Waals surface area contributed by atoms with E-state index in [1.807, 2.05) is 36.7 Å². The predicted octanol–water partition coefficient (Wildman–Crippen LogP) is 5.04. The van der Waals surface area contributed by atoms with Crippen molar-refractivity contribution in [2.24, 2.45) is 0 Å². The summed E-state index contributed by atoms with van der Waals surface area (Å²) in [7, 11) is 0. The maximum Gasteiger partial charge on any atom is 0.102 e. The Labute approximate surface area is 157 Å². The second-order valence-electron chi connectivity index (χ2n) is 6.72. The lowest BCUT2D eigenvalue weighted by Gasteiger charge is -2.26. The van der Waals surface area contributed by atoms with E-state index in [9.17, 15) is 4.39 Å². The highest BCUT2D eigenvalue weighted by Crippen LogP contribution is 2.33. The van der Waals surface area contributed by atoms with Crippen LogP contribution in [-0.4, -0.2) is 34.2 Å². The monoisotopic (exact) mass is 369 g/mol. The Hall–Kier alpha value is -2.17. The summed E-state index contributed by atoms with van der Waals surface area (Å²) in [5.41, 5.74) is 6.04. The first-order chi connectivity index (χ1) is 12.7. The molecule has 0 aliphatic carbocycles. The lowest BCUT2D eigenvalue weighted by Crippen LogP contribution is -2.32. The van der Waals surface area contributed by atoms with Crippen molar-refractivity contribution in [3.05, 3.63) is 64.6 Å². The summed E-state index contributed by atoms with van der Waals surface area (Å²) in [5, 5.41) is 1.89. The third-order valence-corrected chi connectivity index (χ3v) is 5.32. The molecule has 0 saturated heterocycles. The number of hydrogen-bond donors (Lipinski definition) is 0. The average Bonchev–Trinajstić information content (AvgIpc) is 2.95. The molecule has 0 bridgehead atoms. The molecule has 5 heteroatoms. The van der Waals surface area contributed by atoms with Crippen LogP contribution in [0.2, 0.25) is 5.02 Å². The molecule has 1 aliphatic rings. The standard InChI is InChI=1S/C21H21ClFN3/c1-15(16-4-8-24-9-5-16)13-26-20-3-2-17(22)12-18(20)19-14-25(11-7-23)10-6-21(19)26/h2-5,8-9,12-13H,6-7,10-11,14H2,1H3/b15-13+. The summed E-state index contributed by atoms with van der Waals surface area (Å²) < 4.78 is 15.1. The first-order valence-electron chi connectivity index (χ1n) is 8.85. The van der Waals surface area contributed by atoms with Gasteiger partial charge in [0.15, 0.2) is 0 Å². The molecular weight excluding hydrogens is 349 g/mol. The number of nitrogens with zero attached hydrogens (tertiary/aromatic N) is 3. The van der Waals surface area contributed by atoms with Crippen LogP contribution in [0.25, 0.3) is 22.7 Å². The van der Waals surface area contributed by atoms with Crippen molar-refractivity contribution in [2.45, 2.75) is 19.9 Å². The molecule has 0 unspecified atom stereocenters. The van der Waals surface area contributed by atoms with Gasteiger partial charge in [0, 0.05) is 60.8 Å². The SMILES string of the molecule is C/C(=C\n1c2c(c3cc(Cl)ccc31)CN(CCF)CC2)c1ccncc1. The molecular formula is C21H21ClFN3. The highest BCUT2D eigenvalue weighted by molar-refractivity contribution is 6.31. The van der Waals surface area contributed by atoms with E-state index in [0.717, 1.165) is 41.0 Å². The molecule has 0 radical (unpaired) electrons. The van der Waals surface area contributed by atoms with Gasteiger partial charge in [0.25, 0.3) is 0 Å². The van der Waals surface area contributed by atoms with Gasteiger partial charge in [-0.3, -0.25) is 9.88 Å². The van der Waals surface area contributed by atoms with Crippen LogP contribution in [0.3, 0.4) is 0 Å². The van der Waals surface area contributed by atoms with Crippen LogP contribution in [0, 0.1) is 0 Å². The third kappa shape index (κ3) is 3.15. The molecule has 26 heavy (non-hydrogen) atoms. The van der Waals surface area contributed by atoms with Gasteiger partial charge in [-0.15, -0.1) is 0 Å². The topological polar surface area (TPSA) is 21.1 Å². The number of alkyl halides is 1. The quantitative estimate of drug-likeness (QED) is 0.642. The number of rotatable bonds is 4. The number of halogens is 2. The molecule has 3 heterocycles. The number of allylic oxidation sites excluding steroid dienone is 1. The molecule has 134 valence electrons. The Balaban J connectivity index is 1.85. The van der Waals surface area contributed by atoms with E-state index in [4.69, 9.17) is 11.6 Å². The third-order valence-electron chi connectivity index (χ3n) is 5.09. The van der Waals surface area contributed by atoms with Crippen molar-refractivity contribution >= 4 is 34.3 Å². The molecule has 3 nitrogen and oxygen atoms in total. The summed E-state index contributed by atoms with van der Waals surface area (Å²) in [5.74, 6) is 0. The minimum absolute atomic E-state index is 0.310. The van der Waals surface area contributed by atoms with Gasteiger partial charge < -0.3 is 4.57 Å². The minimum atomic E-state index is -0.310. The maximum absolute atomic E-state index is 12.8. The summed E-state index contributed by atoms with van der Waals surface area (Å²) in [4.78, 5) is 6.27. The van der Waals surface area contributed by atoms with Gasteiger partial charge in [-0.2, -0.15) is 0 Å². The molecule has 2 aromatic heterocycles. The zero-order valence-corrected chi connectivity index (χ0v) is 15.5. The second kappa shape index (κ2) is 7.22. The van der Waals surface area contributed by atoms with Gasteiger partial charge in [-0.05, 0) is 54.0 Å². The summed E-state index contributed by atoms with van der Waals surface area (Å²) in [6, 6.07) is 10.1. The second-order valence-corrected chi connectivity index (χ2v) is 7.16. The highest BCUT2D eigenvalue weighted by Gasteiger charge is 2.23. The first-order valence-corrected chi connectivity index (χ1v) is 9.23. The van der Waals surface area contributed by atoms with Crippen molar-refractivity contribution in [1.29, 1.82) is 0 Å². The number of fused-ring (bicyclic) bond motifs is 3. The van der Waals surface area contributed by atoms with Crippen molar-refractivity contribution in [2.75, 3.05) is 19.8 Å². The van der Waals surface area contributed by atoms with Crippen LogP contribution in [0.4, 0.5) is 4.39 Å². The Kier molecular flexibility index (Phi) is 4.79. The van der Waals surface area contributed by atoms with Crippen LogP contribution in [0.1, 0.15) is 23.7 Å². The van der Waals surface area contributed by atoms with Crippen molar-refractivity contribution < 1.29 is 4.39 Å². The van der Waals surface area contributed by atoms with E-state index in [0.29, 0.717) is 6.54 Å². The van der Waals surface area contributed by atoms with Crippen LogP contribution in [0.15, 0.2) is 42.7 Å². The highest BCUT2D eigenvalue weighted by atomic mass is 35.5. The smallest absolute Gasteiger partial charge is 0.102 e. The Bertz CT molecular complexity index is 962. The fourth-order valence-corrected chi connectivity index (χ4v) is 3.93. The molecule has 3 aromatic rings. The Morgan fingerprint density at radius 1 is 1.27 bits per heavy atom. The van der Waals surface area contributed by atoms with Crippen LogP contribution < -0.4 is 0 Å². The Morgan fingerprint density at radius 3 is 2.85 bits per heavy atom.